The summed E-state index contributed by atoms with van der Waals surface area (Å²) in [5.74, 6) is -5.43. The van der Waals surface area contributed by atoms with Gasteiger partial charge in [0.05, 0.1) is 0 Å². The molecule has 0 spiro atoms. The van der Waals surface area contributed by atoms with E-state index in [0.29, 0.717) is 0 Å². The maximum absolute atomic E-state index is 11.0. The Labute approximate surface area is 51.4 Å². The predicted octanol–water partition coefficient (Wildman–Crippen LogP) is 2.81. The van der Waals surface area contributed by atoms with Gasteiger partial charge < -0.3 is 0 Å². The molecule has 0 heterocycles. The van der Waals surface area contributed by atoms with Crippen LogP contribution in [0.15, 0.2) is 0 Å². The van der Waals surface area contributed by atoms with Gasteiger partial charge in [-0.2, -0.15) is 17.6 Å². The maximum Gasteiger partial charge on any atom is 0.294 e. The van der Waals surface area contributed by atoms with E-state index in [4.69, 9.17) is 0 Å². The molecule has 0 radical (unpaired) electrons. The standard InChI is InChI=1S/C2H2F4S2/c3-1(4)7-8-2(5)6/h1-2H. The Bertz CT molecular complexity index is 48.0. The summed E-state index contributed by atoms with van der Waals surface area (Å²) in [5.41, 5.74) is 0. The third kappa shape index (κ3) is 6.42. The van der Waals surface area contributed by atoms with E-state index < -0.39 is 11.5 Å². The molecule has 0 nitrogen and oxygen atoms in total. The van der Waals surface area contributed by atoms with Gasteiger partial charge in [0.1, 0.15) is 0 Å². The second kappa shape index (κ2) is 4.31. The average molecular weight is 166 g/mol. The summed E-state index contributed by atoms with van der Waals surface area (Å²) in [7, 11) is -0.255. The van der Waals surface area contributed by atoms with Crippen LogP contribution in [-0.4, -0.2) is 11.5 Å². The summed E-state index contributed by atoms with van der Waals surface area (Å²) < 4.78 is 44.0. The average Bonchev–Trinajstić information content (AvgIpc) is 1.61. The first-order chi connectivity index (χ1) is 3.63. The molecule has 0 amide bonds. The van der Waals surface area contributed by atoms with Crippen molar-refractivity contribution in [1.82, 2.24) is 0 Å². The predicted molar refractivity (Wildman–Crippen MR) is 27.2 cm³/mol. The number of hydrogen-bond donors (Lipinski definition) is 0. The van der Waals surface area contributed by atoms with E-state index in [0.717, 1.165) is 0 Å². The van der Waals surface area contributed by atoms with Crippen LogP contribution < -0.4 is 0 Å². The van der Waals surface area contributed by atoms with Crippen molar-refractivity contribution in [3.8, 4) is 0 Å². The largest absolute Gasteiger partial charge is 0.294 e. The quantitative estimate of drug-likeness (QED) is 0.467. The van der Waals surface area contributed by atoms with Gasteiger partial charge >= 0.3 is 0 Å². The Kier molecular flexibility index (Phi) is 4.54. The number of halogens is 4. The third-order valence-electron chi connectivity index (χ3n) is 0.201. The highest BCUT2D eigenvalue weighted by molar-refractivity contribution is 8.76. The van der Waals surface area contributed by atoms with Gasteiger partial charge in [-0.15, -0.1) is 0 Å². The first kappa shape index (κ1) is 8.42. The van der Waals surface area contributed by atoms with Crippen molar-refractivity contribution < 1.29 is 17.6 Å². The number of alkyl halides is 4. The van der Waals surface area contributed by atoms with Crippen molar-refractivity contribution in [2.75, 3.05) is 0 Å². The van der Waals surface area contributed by atoms with Gasteiger partial charge in [0, 0.05) is 0 Å². The molecule has 6 heteroatoms. The first-order valence-corrected chi connectivity index (χ1v) is 3.79. The van der Waals surface area contributed by atoms with E-state index in [1.165, 1.54) is 0 Å². The van der Waals surface area contributed by atoms with E-state index in [2.05, 4.69) is 0 Å². The fraction of sp³-hybridized carbons (Fsp3) is 1.00. The zero-order chi connectivity index (χ0) is 6.57. The lowest BCUT2D eigenvalue weighted by atomic mass is 11.7. The fourth-order valence-electron chi connectivity index (χ4n) is 0.0840. The molecule has 0 aliphatic carbocycles. The third-order valence-corrected chi connectivity index (χ3v) is 1.81. The van der Waals surface area contributed by atoms with Crippen molar-refractivity contribution in [3.05, 3.63) is 0 Å². The lowest BCUT2D eigenvalue weighted by Gasteiger charge is -1.94. The van der Waals surface area contributed by atoms with Gasteiger partial charge in [-0.3, -0.25) is 0 Å². The van der Waals surface area contributed by atoms with Crippen LogP contribution >= 0.6 is 21.6 Å². The van der Waals surface area contributed by atoms with E-state index in [9.17, 15) is 17.6 Å². The highest BCUT2D eigenvalue weighted by atomic mass is 33.1. The minimum atomic E-state index is -2.71. The van der Waals surface area contributed by atoms with Gasteiger partial charge in [-0.25, -0.2) is 0 Å². The molecule has 50 valence electrons. The summed E-state index contributed by atoms with van der Waals surface area (Å²) in [4.78, 5) is 0. The normalized spacial score (nSPS) is 11.2. The smallest absolute Gasteiger partial charge is 0.197 e. The van der Waals surface area contributed by atoms with Crippen LogP contribution in [0.1, 0.15) is 0 Å². The lowest BCUT2D eigenvalue weighted by molar-refractivity contribution is 0.248. The first-order valence-electron chi connectivity index (χ1n) is 1.51. The van der Waals surface area contributed by atoms with Crippen molar-refractivity contribution in [2.45, 2.75) is 11.5 Å². The topological polar surface area (TPSA) is 0 Å². The molecule has 0 unspecified atom stereocenters. The zero-order valence-electron chi connectivity index (χ0n) is 3.48. The Morgan fingerprint density at radius 1 is 0.750 bits per heavy atom. The van der Waals surface area contributed by atoms with Crippen LogP contribution in [0, 0.1) is 0 Å². The molecule has 0 aromatic rings. The van der Waals surface area contributed by atoms with Gasteiger partial charge in [0.2, 0.25) is 0 Å². The lowest BCUT2D eigenvalue weighted by Crippen LogP contribution is -1.80. The van der Waals surface area contributed by atoms with Crippen LogP contribution in [0.3, 0.4) is 0 Å². The molecule has 0 saturated carbocycles. The molecule has 0 atom stereocenters. The fourth-order valence-corrected chi connectivity index (χ4v) is 0.756. The molecular formula is C2H2F4S2. The van der Waals surface area contributed by atoms with E-state index >= 15 is 0 Å². The molecule has 0 fully saturated rings. The van der Waals surface area contributed by atoms with E-state index in [1.54, 1.807) is 0 Å². The zero-order valence-corrected chi connectivity index (χ0v) is 5.12. The number of hydrogen-bond acceptors (Lipinski definition) is 2. The van der Waals surface area contributed by atoms with Gasteiger partial charge in [0.25, 0.3) is 11.5 Å². The number of rotatable bonds is 3. The Morgan fingerprint density at radius 3 is 1.12 bits per heavy atom. The van der Waals surface area contributed by atoms with Crippen LogP contribution in [0.2, 0.25) is 0 Å². The van der Waals surface area contributed by atoms with Crippen molar-refractivity contribution in [1.29, 1.82) is 0 Å². The summed E-state index contributed by atoms with van der Waals surface area (Å²) in [6.07, 6.45) is 0. The second-order valence-corrected chi connectivity index (χ2v) is 2.97. The monoisotopic (exact) mass is 166 g/mol. The highest BCUT2D eigenvalue weighted by Gasteiger charge is 2.09. The Morgan fingerprint density at radius 2 is 1.00 bits per heavy atom. The molecule has 0 saturated heterocycles. The highest BCUT2D eigenvalue weighted by Crippen LogP contribution is 2.33. The molecule has 0 aliphatic rings. The second-order valence-electron chi connectivity index (χ2n) is 0.714. The summed E-state index contributed by atoms with van der Waals surface area (Å²) in [6, 6.07) is 0. The summed E-state index contributed by atoms with van der Waals surface area (Å²) in [5, 5.41) is 0. The van der Waals surface area contributed by atoms with Gasteiger partial charge in [0.15, 0.2) is 0 Å². The molecule has 0 aromatic carbocycles. The summed E-state index contributed by atoms with van der Waals surface area (Å²) >= 11 is 0. The molecule has 0 aliphatic heterocycles. The van der Waals surface area contributed by atoms with Gasteiger partial charge in [-0.05, 0) is 21.6 Å². The molecule has 0 N–H and O–H groups in total. The molecule has 8 heavy (non-hydrogen) atoms. The minimum absolute atomic E-state index is 0.127. The van der Waals surface area contributed by atoms with Crippen LogP contribution in [0.4, 0.5) is 17.6 Å². The van der Waals surface area contributed by atoms with Crippen LogP contribution in [0.25, 0.3) is 0 Å². The SMILES string of the molecule is FC(F)SSC(F)F. The Balaban J connectivity index is 2.93. The Hall–Kier alpha value is 0.420. The van der Waals surface area contributed by atoms with Crippen molar-refractivity contribution in [2.24, 2.45) is 0 Å². The molecule has 0 aromatic heterocycles. The van der Waals surface area contributed by atoms with Crippen molar-refractivity contribution in [3.63, 3.8) is 0 Å². The molecular weight excluding hydrogens is 164 g/mol. The molecule has 0 bridgehead atoms. The molecule has 0 rings (SSSR count). The van der Waals surface area contributed by atoms with E-state index in [-0.39, 0.29) is 21.6 Å². The van der Waals surface area contributed by atoms with Crippen molar-refractivity contribution >= 4 is 21.6 Å². The van der Waals surface area contributed by atoms with Gasteiger partial charge in [-0.1, -0.05) is 0 Å². The van der Waals surface area contributed by atoms with Crippen LogP contribution in [-0.2, 0) is 0 Å². The minimum Gasteiger partial charge on any atom is -0.197 e. The maximum atomic E-state index is 11.0. The van der Waals surface area contributed by atoms with E-state index in [1.807, 2.05) is 0 Å². The summed E-state index contributed by atoms with van der Waals surface area (Å²) in [6.45, 7) is 0. The van der Waals surface area contributed by atoms with Crippen LogP contribution in [0.5, 0.6) is 0 Å².